The molecule has 0 bridgehead atoms. The Morgan fingerprint density at radius 1 is 1.70 bits per heavy atom. The van der Waals surface area contributed by atoms with Gasteiger partial charge in [0.1, 0.15) is 5.15 Å². The predicted molar refractivity (Wildman–Crippen MR) is 37.0 cm³/mol. The molecule has 0 amide bonds. The molecule has 0 radical (unpaired) electrons. The van der Waals surface area contributed by atoms with Gasteiger partial charge in [0.25, 0.3) is 0 Å². The van der Waals surface area contributed by atoms with Crippen molar-refractivity contribution in [1.29, 1.82) is 0 Å². The van der Waals surface area contributed by atoms with Gasteiger partial charge in [0.15, 0.2) is 0 Å². The van der Waals surface area contributed by atoms with Crippen molar-refractivity contribution in [2.45, 2.75) is 0 Å². The molecule has 1 rings (SSSR count). The van der Waals surface area contributed by atoms with Crippen LogP contribution in [-0.4, -0.2) is 11.1 Å². The molecule has 0 aliphatic carbocycles. The lowest BCUT2D eigenvalue weighted by Gasteiger charge is -1.87. The summed E-state index contributed by atoms with van der Waals surface area (Å²) in [6.07, 6.45) is 2.87. The molecule has 50 valence electrons. The fraction of sp³-hybridized carbons (Fsp3) is 0. The quantitative estimate of drug-likeness (QED) is 0.351. The second-order valence-electron chi connectivity index (χ2n) is 1.54. The molecular formula is C6H3ClN2O. The van der Waals surface area contributed by atoms with Crippen LogP contribution in [0.4, 0.5) is 5.69 Å². The SMILES string of the molecule is O=C=Nc1ccnc(Cl)c1. The lowest BCUT2D eigenvalue weighted by atomic mass is 10.4. The van der Waals surface area contributed by atoms with Crippen molar-refractivity contribution in [2.24, 2.45) is 4.99 Å². The number of halogens is 1. The molecule has 0 unspecified atom stereocenters. The molecule has 0 atom stereocenters. The molecule has 0 spiro atoms. The zero-order valence-electron chi connectivity index (χ0n) is 4.91. The zero-order chi connectivity index (χ0) is 7.40. The minimum atomic E-state index is 0.316. The Labute approximate surface area is 62.4 Å². The largest absolute Gasteiger partial charge is 0.244 e. The van der Waals surface area contributed by atoms with Gasteiger partial charge in [-0.05, 0) is 6.07 Å². The average molecular weight is 155 g/mol. The van der Waals surface area contributed by atoms with E-state index < -0.39 is 0 Å². The van der Waals surface area contributed by atoms with Crippen molar-refractivity contribution in [3.05, 3.63) is 23.5 Å². The van der Waals surface area contributed by atoms with Crippen LogP contribution in [0.15, 0.2) is 23.3 Å². The van der Waals surface area contributed by atoms with E-state index in [1.165, 1.54) is 18.3 Å². The number of carbonyl (C=O) groups excluding carboxylic acids is 1. The highest BCUT2D eigenvalue weighted by Gasteiger charge is 1.89. The van der Waals surface area contributed by atoms with E-state index in [0.717, 1.165) is 0 Å². The second-order valence-corrected chi connectivity index (χ2v) is 1.93. The van der Waals surface area contributed by atoms with E-state index >= 15 is 0 Å². The Morgan fingerprint density at radius 2 is 2.50 bits per heavy atom. The number of rotatable bonds is 1. The van der Waals surface area contributed by atoms with Gasteiger partial charge in [0, 0.05) is 12.3 Å². The lowest BCUT2D eigenvalue weighted by Crippen LogP contribution is -1.70. The van der Waals surface area contributed by atoms with Gasteiger partial charge in [0.05, 0.1) is 5.69 Å². The Morgan fingerprint density at radius 3 is 3.10 bits per heavy atom. The molecule has 0 aliphatic heterocycles. The van der Waals surface area contributed by atoms with Crippen LogP contribution in [0.1, 0.15) is 0 Å². The summed E-state index contributed by atoms with van der Waals surface area (Å²) in [6, 6.07) is 3.04. The zero-order valence-corrected chi connectivity index (χ0v) is 5.67. The summed E-state index contributed by atoms with van der Waals surface area (Å²) in [5.74, 6) is 0. The summed E-state index contributed by atoms with van der Waals surface area (Å²) in [6.45, 7) is 0. The van der Waals surface area contributed by atoms with E-state index in [9.17, 15) is 4.79 Å². The van der Waals surface area contributed by atoms with Crippen LogP contribution < -0.4 is 0 Å². The normalized spacial score (nSPS) is 8.50. The maximum absolute atomic E-state index is 9.73. The van der Waals surface area contributed by atoms with E-state index in [1.54, 1.807) is 6.07 Å². The molecule has 0 aromatic carbocycles. The lowest BCUT2D eigenvalue weighted by molar-refractivity contribution is 0.565. The summed E-state index contributed by atoms with van der Waals surface area (Å²) in [5, 5.41) is 0.316. The van der Waals surface area contributed by atoms with E-state index in [2.05, 4.69) is 9.98 Å². The number of aliphatic imine (C=N–C) groups is 1. The molecule has 3 nitrogen and oxygen atoms in total. The monoisotopic (exact) mass is 154 g/mol. The first-order valence-corrected chi connectivity index (χ1v) is 2.90. The molecule has 1 aromatic heterocycles. The third kappa shape index (κ3) is 1.65. The minimum Gasteiger partial charge on any atom is -0.244 e. The van der Waals surface area contributed by atoms with Gasteiger partial charge < -0.3 is 0 Å². The van der Waals surface area contributed by atoms with Crippen LogP contribution in [0.3, 0.4) is 0 Å². The molecule has 1 heterocycles. The molecule has 0 aliphatic rings. The number of isocyanates is 1. The standard InChI is InChI=1S/C6H3ClN2O/c7-6-3-5(9-4-10)1-2-8-6/h1-3H. The highest BCUT2D eigenvalue weighted by atomic mass is 35.5. The Bertz CT molecular complexity index is 281. The summed E-state index contributed by atoms with van der Waals surface area (Å²) in [5.41, 5.74) is 0.468. The van der Waals surface area contributed by atoms with E-state index in [-0.39, 0.29) is 0 Å². The average Bonchev–Trinajstić information content (AvgIpc) is 1.88. The molecule has 0 saturated carbocycles. The van der Waals surface area contributed by atoms with Crippen LogP contribution in [0.5, 0.6) is 0 Å². The van der Waals surface area contributed by atoms with E-state index in [1.807, 2.05) is 0 Å². The first-order valence-electron chi connectivity index (χ1n) is 2.52. The predicted octanol–water partition coefficient (Wildman–Crippen LogP) is 1.70. The van der Waals surface area contributed by atoms with Gasteiger partial charge in [-0.2, -0.15) is 4.99 Å². The van der Waals surface area contributed by atoms with Gasteiger partial charge in [-0.1, -0.05) is 11.6 Å². The van der Waals surface area contributed by atoms with Crippen molar-refractivity contribution in [2.75, 3.05) is 0 Å². The van der Waals surface area contributed by atoms with E-state index in [0.29, 0.717) is 10.8 Å². The first-order chi connectivity index (χ1) is 4.83. The maximum Gasteiger partial charge on any atom is 0.240 e. The number of nitrogens with zero attached hydrogens (tertiary/aromatic N) is 2. The Balaban J connectivity index is 3.06. The smallest absolute Gasteiger partial charge is 0.240 e. The number of pyridine rings is 1. The van der Waals surface area contributed by atoms with Crippen molar-refractivity contribution in [3.63, 3.8) is 0 Å². The van der Waals surface area contributed by atoms with E-state index in [4.69, 9.17) is 11.6 Å². The Kier molecular flexibility index (Phi) is 2.15. The third-order valence-electron chi connectivity index (χ3n) is 0.885. The van der Waals surface area contributed by atoms with Crippen LogP contribution in [0.2, 0.25) is 5.15 Å². The first kappa shape index (κ1) is 6.93. The van der Waals surface area contributed by atoms with Gasteiger partial charge in [-0.15, -0.1) is 0 Å². The third-order valence-corrected chi connectivity index (χ3v) is 1.09. The van der Waals surface area contributed by atoms with Crippen molar-refractivity contribution >= 4 is 23.4 Å². The van der Waals surface area contributed by atoms with Gasteiger partial charge in [-0.25, -0.2) is 9.78 Å². The van der Waals surface area contributed by atoms with Crippen molar-refractivity contribution in [3.8, 4) is 0 Å². The molecule has 4 heteroatoms. The van der Waals surface area contributed by atoms with Gasteiger partial charge >= 0.3 is 0 Å². The molecular weight excluding hydrogens is 152 g/mol. The number of aromatic nitrogens is 1. The fourth-order valence-electron chi connectivity index (χ4n) is 0.514. The van der Waals surface area contributed by atoms with Crippen LogP contribution in [0.25, 0.3) is 0 Å². The van der Waals surface area contributed by atoms with Crippen molar-refractivity contribution in [1.82, 2.24) is 4.98 Å². The summed E-state index contributed by atoms with van der Waals surface area (Å²) in [7, 11) is 0. The molecule has 0 saturated heterocycles. The van der Waals surface area contributed by atoms with Crippen molar-refractivity contribution < 1.29 is 4.79 Å². The number of hydrogen-bond donors (Lipinski definition) is 0. The number of hydrogen-bond acceptors (Lipinski definition) is 3. The summed E-state index contributed by atoms with van der Waals surface area (Å²) < 4.78 is 0. The summed E-state index contributed by atoms with van der Waals surface area (Å²) >= 11 is 5.48. The Hall–Kier alpha value is -1.18. The van der Waals surface area contributed by atoms with Gasteiger partial charge in [0.2, 0.25) is 6.08 Å². The maximum atomic E-state index is 9.73. The topological polar surface area (TPSA) is 42.3 Å². The van der Waals surface area contributed by atoms with Crippen LogP contribution >= 0.6 is 11.6 Å². The molecule has 0 N–H and O–H groups in total. The fourth-order valence-corrected chi connectivity index (χ4v) is 0.683. The van der Waals surface area contributed by atoms with Crippen LogP contribution in [-0.2, 0) is 4.79 Å². The highest BCUT2D eigenvalue weighted by Crippen LogP contribution is 2.13. The molecule has 10 heavy (non-hydrogen) atoms. The molecule has 0 fully saturated rings. The molecule has 1 aromatic rings. The summed E-state index contributed by atoms with van der Waals surface area (Å²) in [4.78, 5) is 16.8. The second kappa shape index (κ2) is 3.11. The van der Waals surface area contributed by atoms with Crippen LogP contribution in [0, 0.1) is 0 Å². The highest BCUT2D eigenvalue weighted by molar-refractivity contribution is 6.29. The minimum absolute atomic E-state index is 0.316. The van der Waals surface area contributed by atoms with Gasteiger partial charge in [-0.3, -0.25) is 0 Å².